The Morgan fingerprint density at radius 1 is 1.32 bits per heavy atom. The lowest BCUT2D eigenvalue weighted by Crippen LogP contribution is -2.46. The smallest absolute Gasteiger partial charge is 0.242 e. The summed E-state index contributed by atoms with van der Waals surface area (Å²) >= 11 is 1.49. The molecule has 0 saturated carbocycles. The van der Waals surface area contributed by atoms with Crippen molar-refractivity contribution in [1.82, 2.24) is 15.6 Å². The Labute approximate surface area is 117 Å². The van der Waals surface area contributed by atoms with Gasteiger partial charge in [0, 0.05) is 11.3 Å². The topological polar surface area (TPSA) is 71.1 Å². The molecule has 1 heterocycles. The van der Waals surface area contributed by atoms with E-state index in [1.165, 1.54) is 11.3 Å². The SMILES string of the molecule is CCC(CC)C(=O)N[C@H](C)C(=O)NCc1cscn1. The molecule has 1 atom stereocenters. The van der Waals surface area contributed by atoms with Gasteiger partial charge in [0.05, 0.1) is 17.7 Å². The third-order valence-corrected chi connectivity index (χ3v) is 3.67. The number of nitrogens with one attached hydrogen (secondary N) is 2. The fraction of sp³-hybridized carbons (Fsp3) is 0.615. The first-order valence-corrected chi connectivity index (χ1v) is 7.47. The molecule has 0 aromatic carbocycles. The van der Waals surface area contributed by atoms with Crippen molar-refractivity contribution < 1.29 is 9.59 Å². The van der Waals surface area contributed by atoms with E-state index in [1.807, 2.05) is 19.2 Å². The Kier molecular flexibility index (Phi) is 6.49. The molecule has 0 fully saturated rings. The lowest BCUT2D eigenvalue weighted by Gasteiger charge is -2.17. The lowest BCUT2D eigenvalue weighted by molar-refractivity contribution is -0.131. The number of carbonyl (C=O) groups excluding carboxylic acids is 2. The zero-order valence-electron chi connectivity index (χ0n) is 11.6. The third kappa shape index (κ3) is 4.98. The predicted molar refractivity (Wildman–Crippen MR) is 75.6 cm³/mol. The van der Waals surface area contributed by atoms with Gasteiger partial charge in [0.2, 0.25) is 11.8 Å². The third-order valence-electron chi connectivity index (χ3n) is 3.04. The minimum absolute atomic E-state index is 0.0196. The zero-order valence-corrected chi connectivity index (χ0v) is 12.4. The summed E-state index contributed by atoms with van der Waals surface area (Å²) in [5.74, 6) is -0.262. The molecule has 2 N–H and O–H groups in total. The van der Waals surface area contributed by atoms with Crippen molar-refractivity contribution in [2.75, 3.05) is 0 Å². The molecule has 6 heteroatoms. The molecule has 0 spiro atoms. The van der Waals surface area contributed by atoms with Gasteiger partial charge in [-0.25, -0.2) is 4.98 Å². The summed E-state index contributed by atoms with van der Waals surface area (Å²) in [4.78, 5) is 27.8. The first-order chi connectivity index (χ1) is 9.08. The van der Waals surface area contributed by atoms with Crippen LogP contribution < -0.4 is 10.6 Å². The first-order valence-electron chi connectivity index (χ1n) is 6.53. The highest BCUT2D eigenvalue weighted by Gasteiger charge is 2.20. The summed E-state index contributed by atoms with van der Waals surface area (Å²) in [5, 5.41) is 7.38. The van der Waals surface area contributed by atoms with Gasteiger partial charge >= 0.3 is 0 Å². The minimum atomic E-state index is -0.522. The molecular formula is C13H21N3O2S. The Morgan fingerprint density at radius 3 is 2.53 bits per heavy atom. The van der Waals surface area contributed by atoms with Crippen LogP contribution in [-0.4, -0.2) is 22.8 Å². The predicted octanol–water partition coefficient (Wildman–Crippen LogP) is 1.70. The van der Waals surface area contributed by atoms with Gasteiger partial charge < -0.3 is 10.6 Å². The van der Waals surface area contributed by atoms with Crippen LogP contribution in [0.25, 0.3) is 0 Å². The number of thiazole rings is 1. The normalized spacial score (nSPS) is 12.2. The van der Waals surface area contributed by atoms with E-state index in [4.69, 9.17) is 0 Å². The van der Waals surface area contributed by atoms with Crippen LogP contribution in [0.15, 0.2) is 10.9 Å². The van der Waals surface area contributed by atoms with Crippen LogP contribution in [0.2, 0.25) is 0 Å². The number of hydrogen-bond donors (Lipinski definition) is 2. The summed E-state index contributed by atoms with van der Waals surface area (Å²) in [6, 6.07) is -0.522. The number of nitrogens with zero attached hydrogens (tertiary/aromatic N) is 1. The maximum absolute atomic E-state index is 11.9. The van der Waals surface area contributed by atoms with Crippen molar-refractivity contribution in [3.8, 4) is 0 Å². The quantitative estimate of drug-likeness (QED) is 0.800. The van der Waals surface area contributed by atoms with E-state index >= 15 is 0 Å². The van der Waals surface area contributed by atoms with Crippen molar-refractivity contribution in [3.05, 3.63) is 16.6 Å². The Balaban J connectivity index is 2.37. The van der Waals surface area contributed by atoms with Gasteiger partial charge in [-0.3, -0.25) is 9.59 Å². The second kappa shape index (κ2) is 7.89. The van der Waals surface area contributed by atoms with Crippen LogP contribution in [0, 0.1) is 5.92 Å². The summed E-state index contributed by atoms with van der Waals surface area (Å²) in [6.07, 6.45) is 1.57. The number of carbonyl (C=O) groups is 2. The second-order valence-electron chi connectivity index (χ2n) is 4.44. The van der Waals surface area contributed by atoms with E-state index in [2.05, 4.69) is 15.6 Å². The summed E-state index contributed by atoms with van der Waals surface area (Å²) < 4.78 is 0. The zero-order chi connectivity index (χ0) is 14.3. The van der Waals surface area contributed by atoms with Gasteiger partial charge in [-0.1, -0.05) is 13.8 Å². The molecule has 0 aliphatic rings. The number of hydrogen-bond acceptors (Lipinski definition) is 4. The van der Waals surface area contributed by atoms with Crippen LogP contribution in [0.5, 0.6) is 0 Å². The van der Waals surface area contributed by atoms with Gasteiger partial charge in [0.1, 0.15) is 6.04 Å². The first kappa shape index (κ1) is 15.6. The fourth-order valence-electron chi connectivity index (χ4n) is 1.71. The molecule has 0 radical (unpaired) electrons. The van der Waals surface area contributed by atoms with Crippen molar-refractivity contribution in [2.45, 2.75) is 46.2 Å². The summed E-state index contributed by atoms with van der Waals surface area (Å²) in [5.41, 5.74) is 2.55. The van der Waals surface area contributed by atoms with Crippen molar-refractivity contribution in [3.63, 3.8) is 0 Å². The second-order valence-corrected chi connectivity index (χ2v) is 5.16. The monoisotopic (exact) mass is 283 g/mol. The molecule has 2 amide bonds. The van der Waals surface area contributed by atoms with Gasteiger partial charge in [-0.05, 0) is 19.8 Å². The van der Waals surface area contributed by atoms with E-state index in [0.717, 1.165) is 18.5 Å². The lowest BCUT2D eigenvalue weighted by atomic mass is 10.0. The van der Waals surface area contributed by atoms with E-state index in [9.17, 15) is 9.59 Å². The van der Waals surface area contributed by atoms with E-state index in [1.54, 1.807) is 12.4 Å². The van der Waals surface area contributed by atoms with E-state index < -0.39 is 6.04 Å². The Bertz CT molecular complexity index is 402. The fourth-order valence-corrected chi connectivity index (χ4v) is 2.27. The van der Waals surface area contributed by atoms with Gasteiger partial charge in [0.25, 0.3) is 0 Å². The number of aromatic nitrogens is 1. The van der Waals surface area contributed by atoms with E-state index in [-0.39, 0.29) is 17.7 Å². The molecule has 0 aliphatic heterocycles. The number of amides is 2. The standard InChI is InChI=1S/C13H21N3O2S/c1-4-10(5-2)13(18)16-9(3)12(17)14-6-11-7-19-8-15-11/h7-10H,4-6H2,1-3H3,(H,14,17)(H,16,18)/t9-/m1/s1. The summed E-state index contributed by atoms with van der Waals surface area (Å²) in [7, 11) is 0. The Morgan fingerprint density at radius 2 is 2.00 bits per heavy atom. The molecule has 0 bridgehead atoms. The van der Waals surface area contributed by atoms with Crippen LogP contribution in [0.1, 0.15) is 39.3 Å². The molecule has 0 aliphatic carbocycles. The maximum Gasteiger partial charge on any atom is 0.242 e. The van der Waals surface area contributed by atoms with Gasteiger partial charge in [-0.2, -0.15) is 0 Å². The minimum Gasteiger partial charge on any atom is -0.349 e. The largest absolute Gasteiger partial charge is 0.349 e. The molecule has 0 saturated heterocycles. The van der Waals surface area contributed by atoms with Gasteiger partial charge in [-0.15, -0.1) is 11.3 Å². The van der Waals surface area contributed by atoms with Crippen molar-refractivity contribution in [1.29, 1.82) is 0 Å². The highest BCUT2D eigenvalue weighted by molar-refractivity contribution is 7.07. The molecule has 0 unspecified atom stereocenters. The van der Waals surface area contributed by atoms with E-state index in [0.29, 0.717) is 6.54 Å². The van der Waals surface area contributed by atoms with Crippen molar-refractivity contribution in [2.24, 2.45) is 5.92 Å². The molecule has 1 rings (SSSR count). The molecule has 5 nitrogen and oxygen atoms in total. The van der Waals surface area contributed by atoms with Crippen LogP contribution in [0.3, 0.4) is 0 Å². The highest BCUT2D eigenvalue weighted by Crippen LogP contribution is 2.07. The average Bonchev–Trinajstić information content (AvgIpc) is 2.90. The number of rotatable bonds is 7. The molecule has 19 heavy (non-hydrogen) atoms. The summed E-state index contributed by atoms with van der Waals surface area (Å²) in [6.45, 7) is 6.03. The molecule has 1 aromatic rings. The molecule has 1 aromatic heterocycles. The van der Waals surface area contributed by atoms with Crippen LogP contribution in [0.4, 0.5) is 0 Å². The van der Waals surface area contributed by atoms with Crippen LogP contribution >= 0.6 is 11.3 Å². The van der Waals surface area contributed by atoms with Crippen molar-refractivity contribution >= 4 is 23.2 Å². The molecular weight excluding hydrogens is 262 g/mol. The average molecular weight is 283 g/mol. The Hall–Kier alpha value is -1.43. The van der Waals surface area contributed by atoms with Crippen LogP contribution in [-0.2, 0) is 16.1 Å². The molecule has 106 valence electrons. The highest BCUT2D eigenvalue weighted by atomic mass is 32.1. The van der Waals surface area contributed by atoms with Gasteiger partial charge in [0.15, 0.2) is 0 Å². The maximum atomic E-state index is 11.9.